The van der Waals surface area contributed by atoms with Crippen molar-refractivity contribution >= 4 is 17.6 Å². The summed E-state index contributed by atoms with van der Waals surface area (Å²) >= 11 is 0. The highest BCUT2D eigenvalue weighted by Gasteiger charge is 2.15. The van der Waals surface area contributed by atoms with Gasteiger partial charge in [-0.25, -0.2) is 4.79 Å². The minimum Gasteiger partial charge on any atom is -0.452 e. The van der Waals surface area contributed by atoms with Crippen molar-refractivity contribution in [3.8, 4) is 0 Å². The van der Waals surface area contributed by atoms with E-state index in [1.165, 1.54) is 0 Å². The second-order valence-electron chi connectivity index (χ2n) is 5.07. The molecule has 0 bridgehead atoms. The molecule has 2 rings (SSSR count). The second-order valence-corrected chi connectivity index (χ2v) is 5.07. The number of hydrogen-bond acceptors (Lipinski definition) is 4. The summed E-state index contributed by atoms with van der Waals surface area (Å²) in [6, 6.07) is 16.4. The Morgan fingerprint density at radius 2 is 1.70 bits per heavy atom. The van der Waals surface area contributed by atoms with E-state index in [1.807, 2.05) is 43.3 Å². The number of benzene rings is 2. The van der Waals surface area contributed by atoms with Gasteiger partial charge in [0.15, 0.2) is 6.61 Å². The highest BCUT2D eigenvalue weighted by Crippen LogP contribution is 2.15. The number of para-hydroxylation sites is 1. The van der Waals surface area contributed by atoms with Crippen LogP contribution in [-0.4, -0.2) is 25.5 Å². The highest BCUT2D eigenvalue weighted by molar-refractivity contribution is 5.96. The molecule has 2 N–H and O–H groups in total. The third kappa shape index (κ3) is 4.57. The van der Waals surface area contributed by atoms with Gasteiger partial charge in [-0.15, -0.1) is 0 Å². The lowest BCUT2D eigenvalue weighted by molar-refractivity contribution is -0.124. The smallest absolute Gasteiger partial charge is 0.340 e. The van der Waals surface area contributed by atoms with Crippen molar-refractivity contribution in [3.05, 3.63) is 65.7 Å². The first-order chi connectivity index (χ1) is 11.1. The summed E-state index contributed by atoms with van der Waals surface area (Å²) in [5.74, 6) is -0.867. The number of carbonyl (C=O) groups is 2. The zero-order valence-electron chi connectivity index (χ0n) is 13.2. The van der Waals surface area contributed by atoms with Gasteiger partial charge >= 0.3 is 5.97 Å². The summed E-state index contributed by atoms with van der Waals surface area (Å²) in [4.78, 5) is 24.0. The first kappa shape index (κ1) is 16.5. The van der Waals surface area contributed by atoms with Crippen LogP contribution in [0.4, 0.5) is 5.69 Å². The summed E-state index contributed by atoms with van der Waals surface area (Å²) in [6.07, 6.45) is 0. The minimum absolute atomic E-state index is 0.146. The van der Waals surface area contributed by atoms with Crippen molar-refractivity contribution in [3.63, 3.8) is 0 Å². The van der Waals surface area contributed by atoms with Crippen LogP contribution in [0.15, 0.2) is 54.6 Å². The molecule has 0 saturated heterocycles. The molecule has 0 saturated carbocycles. The first-order valence-electron chi connectivity index (χ1n) is 7.40. The van der Waals surface area contributed by atoms with Crippen molar-refractivity contribution in [2.45, 2.75) is 13.0 Å². The summed E-state index contributed by atoms with van der Waals surface area (Å²) < 4.78 is 5.08. The predicted molar refractivity (Wildman–Crippen MR) is 89.3 cm³/mol. The number of anilines is 1. The second kappa shape index (κ2) is 7.98. The largest absolute Gasteiger partial charge is 0.452 e. The van der Waals surface area contributed by atoms with Gasteiger partial charge < -0.3 is 15.4 Å². The number of esters is 1. The Bertz CT molecular complexity index is 671. The maximum Gasteiger partial charge on any atom is 0.340 e. The van der Waals surface area contributed by atoms with Gasteiger partial charge in [-0.05, 0) is 24.6 Å². The van der Waals surface area contributed by atoms with Crippen molar-refractivity contribution in [2.75, 3.05) is 19.0 Å². The molecule has 2 aromatic carbocycles. The Morgan fingerprint density at radius 3 is 2.39 bits per heavy atom. The van der Waals surface area contributed by atoms with Crippen LogP contribution in [0.3, 0.4) is 0 Å². The SMILES string of the molecule is CNc1ccccc1C(=O)OCC(=O)NC(C)c1ccccc1. The van der Waals surface area contributed by atoms with E-state index in [2.05, 4.69) is 10.6 Å². The van der Waals surface area contributed by atoms with Crippen LogP contribution < -0.4 is 10.6 Å². The lowest BCUT2D eigenvalue weighted by Gasteiger charge is -2.14. The minimum atomic E-state index is -0.530. The Hall–Kier alpha value is -2.82. The molecule has 0 spiro atoms. The molecule has 1 atom stereocenters. The molecule has 0 heterocycles. The number of amides is 1. The fourth-order valence-corrected chi connectivity index (χ4v) is 2.20. The average Bonchev–Trinajstić information content (AvgIpc) is 2.60. The molecule has 0 aliphatic heterocycles. The first-order valence-corrected chi connectivity index (χ1v) is 7.40. The normalized spacial score (nSPS) is 11.4. The molecule has 5 nitrogen and oxygen atoms in total. The van der Waals surface area contributed by atoms with Gasteiger partial charge in [-0.1, -0.05) is 42.5 Å². The lowest BCUT2D eigenvalue weighted by atomic mass is 10.1. The van der Waals surface area contributed by atoms with E-state index in [0.29, 0.717) is 11.3 Å². The summed E-state index contributed by atoms with van der Waals surface area (Å²) in [5, 5.41) is 5.72. The maximum absolute atomic E-state index is 12.0. The lowest BCUT2D eigenvalue weighted by Crippen LogP contribution is -2.31. The van der Waals surface area contributed by atoms with Gasteiger partial charge in [-0.2, -0.15) is 0 Å². The summed E-state index contributed by atoms with van der Waals surface area (Å²) in [7, 11) is 1.72. The quantitative estimate of drug-likeness (QED) is 0.805. The average molecular weight is 312 g/mol. The third-order valence-electron chi connectivity index (χ3n) is 3.43. The van der Waals surface area contributed by atoms with Crippen LogP contribution >= 0.6 is 0 Å². The highest BCUT2D eigenvalue weighted by atomic mass is 16.5. The molecule has 0 radical (unpaired) electrons. The Morgan fingerprint density at radius 1 is 1.04 bits per heavy atom. The van der Waals surface area contributed by atoms with Crippen molar-refractivity contribution in [1.82, 2.24) is 5.32 Å². The van der Waals surface area contributed by atoms with Gasteiger partial charge in [0, 0.05) is 12.7 Å². The maximum atomic E-state index is 12.0. The third-order valence-corrected chi connectivity index (χ3v) is 3.43. The number of nitrogens with one attached hydrogen (secondary N) is 2. The number of rotatable bonds is 6. The molecule has 0 fully saturated rings. The van der Waals surface area contributed by atoms with Crippen molar-refractivity contribution < 1.29 is 14.3 Å². The Kier molecular flexibility index (Phi) is 5.74. The van der Waals surface area contributed by atoms with Crippen LogP contribution in [-0.2, 0) is 9.53 Å². The molecule has 0 aromatic heterocycles. The van der Waals surface area contributed by atoms with Gasteiger partial charge in [0.05, 0.1) is 11.6 Å². The fourth-order valence-electron chi connectivity index (χ4n) is 2.20. The molecule has 120 valence electrons. The number of ether oxygens (including phenoxy) is 1. The van der Waals surface area contributed by atoms with Gasteiger partial charge in [0.1, 0.15) is 0 Å². The van der Waals surface area contributed by atoms with Crippen LogP contribution in [0.1, 0.15) is 28.9 Å². The Labute approximate surface area is 135 Å². The van der Waals surface area contributed by atoms with Crippen LogP contribution in [0, 0.1) is 0 Å². The zero-order chi connectivity index (χ0) is 16.7. The number of carbonyl (C=O) groups excluding carboxylic acids is 2. The monoisotopic (exact) mass is 312 g/mol. The van der Waals surface area contributed by atoms with Crippen molar-refractivity contribution in [1.29, 1.82) is 0 Å². The molecule has 1 unspecified atom stereocenters. The molecule has 2 aromatic rings. The molecule has 0 aliphatic carbocycles. The summed E-state index contributed by atoms with van der Waals surface area (Å²) in [5.41, 5.74) is 2.06. The van der Waals surface area contributed by atoms with E-state index in [0.717, 1.165) is 5.56 Å². The van der Waals surface area contributed by atoms with E-state index in [1.54, 1.807) is 25.2 Å². The molecule has 0 aliphatic rings. The fraction of sp³-hybridized carbons (Fsp3) is 0.222. The predicted octanol–water partition coefficient (Wildman–Crippen LogP) is 2.76. The van der Waals surface area contributed by atoms with E-state index in [4.69, 9.17) is 4.74 Å². The molecular weight excluding hydrogens is 292 g/mol. The molecular formula is C18H20N2O3. The van der Waals surface area contributed by atoms with E-state index >= 15 is 0 Å². The van der Waals surface area contributed by atoms with E-state index in [9.17, 15) is 9.59 Å². The van der Waals surface area contributed by atoms with Crippen molar-refractivity contribution in [2.24, 2.45) is 0 Å². The van der Waals surface area contributed by atoms with Gasteiger partial charge in [0.2, 0.25) is 0 Å². The topological polar surface area (TPSA) is 67.4 Å². The zero-order valence-corrected chi connectivity index (χ0v) is 13.2. The van der Waals surface area contributed by atoms with E-state index in [-0.39, 0.29) is 18.6 Å². The molecule has 5 heteroatoms. The summed E-state index contributed by atoms with van der Waals surface area (Å²) in [6.45, 7) is 1.57. The van der Waals surface area contributed by atoms with Gasteiger partial charge in [-0.3, -0.25) is 4.79 Å². The van der Waals surface area contributed by atoms with E-state index < -0.39 is 5.97 Å². The Balaban J connectivity index is 1.88. The van der Waals surface area contributed by atoms with Crippen LogP contribution in [0.2, 0.25) is 0 Å². The van der Waals surface area contributed by atoms with Crippen LogP contribution in [0.25, 0.3) is 0 Å². The standard InChI is InChI=1S/C18H20N2O3/c1-13(14-8-4-3-5-9-14)20-17(21)12-23-18(22)15-10-6-7-11-16(15)19-2/h3-11,13,19H,12H2,1-2H3,(H,20,21). The van der Waals surface area contributed by atoms with Gasteiger partial charge in [0.25, 0.3) is 5.91 Å². The van der Waals surface area contributed by atoms with Crippen LogP contribution in [0.5, 0.6) is 0 Å². The molecule has 23 heavy (non-hydrogen) atoms. The number of hydrogen-bond donors (Lipinski definition) is 2. The molecule has 1 amide bonds.